The monoisotopic (exact) mass is 864 g/mol. The molecule has 18 nitrogen and oxygen atoms in total. The van der Waals surface area contributed by atoms with Crippen molar-refractivity contribution in [2.45, 2.75) is 72.1 Å². The number of thioether (sulfide) groups is 1. The molecule has 2 aromatic carbocycles. The molecule has 19 heteroatoms. The molecule has 0 unspecified atom stereocenters. The highest BCUT2D eigenvalue weighted by Gasteiger charge is 2.23. The molecule has 0 saturated carbocycles. The second-order valence-electron chi connectivity index (χ2n) is 14.9. The van der Waals surface area contributed by atoms with Gasteiger partial charge in [0.2, 0.25) is 17.8 Å². The predicted molar refractivity (Wildman–Crippen MR) is 237 cm³/mol. The maximum Gasteiger partial charge on any atom is 0.276 e. The predicted octanol–water partition coefficient (Wildman–Crippen LogP) is 5.32. The van der Waals surface area contributed by atoms with Gasteiger partial charge in [0.1, 0.15) is 22.7 Å². The van der Waals surface area contributed by atoms with Crippen molar-refractivity contribution in [3.05, 3.63) is 82.5 Å². The number of ketones is 1. The summed E-state index contributed by atoms with van der Waals surface area (Å²) in [7, 11) is 1.52. The van der Waals surface area contributed by atoms with Crippen LogP contribution in [0.4, 0.5) is 11.9 Å². The molecule has 1 saturated heterocycles. The van der Waals surface area contributed by atoms with Crippen molar-refractivity contribution >= 4 is 69.2 Å². The summed E-state index contributed by atoms with van der Waals surface area (Å²) in [5.41, 5.74) is 11.0. The fraction of sp³-hybridized carbons (Fsp3) is 0.395. The number of morpholine rings is 1. The van der Waals surface area contributed by atoms with E-state index in [1.807, 2.05) is 49.0 Å². The summed E-state index contributed by atoms with van der Waals surface area (Å²) in [6.45, 7) is 14.6. The number of hydrogen-bond donors (Lipinski definition) is 3. The van der Waals surface area contributed by atoms with E-state index in [0.29, 0.717) is 69.3 Å². The number of imidazole rings is 2. The quantitative estimate of drug-likeness (QED) is 0.0434. The zero-order valence-corrected chi connectivity index (χ0v) is 36.7. The summed E-state index contributed by atoms with van der Waals surface area (Å²) in [6, 6.07) is 10.2. The van der Waals surface area contributed by atoms with E-state index < -0.39 is 11.8 Å². The fourth-order valence-electron chi connectivity index (χ4n) is 7.54. The molecule has 3 amide bonds. The molecule has 0 atom stereocenters. The number of methoxy groups -OCH3 is 1. The first-order valence-electron chi connectivity index (χ1n) is 20.6. The van der Waals surface area contributed by atoms with Crippen LogP contribution in [0.15, 0.2) is 53.4 Å². The van der Waals surface area contributed by atoms with Crippen molar-refractivity contribution in [3.63, 3.8) is 0 Å². The maximum atomic E-state index is 13.8. The first kappa shape index (κ1) is 43.8. The summed E-state index contributed by atoms with van der Waals surface area (Å²) in [5, 5.41) is 14.9. The molecule has 7 rings (SSSR count). The lowest BCUT2D eigenvalue weighted by Gasteiger charge is -2.26. The third kappa shape index (κ3) is 9.44. The number of rotatable bonds is 18. The molecule has 1 aliphatic heterocycles. The molecule has 0 aliphatic carbocycles. The van der Waals surface area contributed by atoms with Gasteiger partial charge in [0.25, 0.3) is 11.8 Å². The SMILES string of the molecule is CCn1nc(C)cc1C(=O)Nc1nc2cc(C(C)=O)cc(OC)c2n1C/C=C/Cn1c(NC(=O)c2cc(C)nn2CC)nc2cc(C(N)=O)cc(SCCCN3CCOCC3)c21. The molecule has 0 radical (unpaired) electrons. The first-order valence-corrected chi connectivity index (χ1v) is 21.6. The van der Waals surface area contributed by atoms with Gasteiger partial charge in [0.15, 0.2) is 5.78 Å². The maximum absolute atomic E-state index is 13.8. The standard InChI is InChI=1S/C43H52N12O6S/c1-7-54-33(20-26(3)49-54)40(58)47-42-45-31-22-29(28(5)56)24-35(60-6)37(31)52(42)13-9-10-14-53-38-32(46-43(53)48-41(59)34-21-27(4)50-55(34)8-2)23-30(39(44)57)25-36(38)62-19-11-12-51-15-17-61-18-16-51/h9-10,20-25H,7-8,11-19H2,1-6H3,(H2,44,57)(H,45,47,58)(H,46,48,59)/b10-9+. The Kier molecular flexibility index (Phi) is 13.5. The van der Waals surface area contributed by atoms with Gasteiger partial charge in [-0.25, -0.2) is 9.97 Å². The number of carbonyl (C=O) groups excluding carboxylic acids is 4. The average molecular weight is 865 g/mol. The summed E-state index contributed by atoms with van der Waals surface area (Å²) in [5.74, 6) is 0.175. The largest absolute Gasteiger partial charge is 0.494 e. The smallest absolute Gasteiger partial charge is 0.276 e. The van der Waals surface area contributed by atoms with Crippen molar-refractivity contribution < 1.29 is 28.7 Å². The van der Waals surface area contributed by atoms with Crippen molar-refractivity contribution in [2.75, 3.05) is 56.3 Å². The van der Waals surface area contributed by atoms with Crippen LogP contribution in [0.25, 0.3) is 22.1 Å². The van der Waals surface area contributed by atoms with E-state index in [2.05, 4.69) is 25.7 Å². The Labute approximate surface area is 362 Å². The minimum atomic E-state index is -0.583. The van der Waals surface area contributed by atoms with Crippen LogP contribution in [0, 0.1) is 13.8 Å². The lowest BCUT2D eigenvalue weighted by molar-refractivity contribution is 0.0381. The molecule has 62 heavy (non-hydrogen) atoms. The van der Waals surface area contributed by atoms with Crippen LogP contribution in [-0.2, 0) is 30.9 Å². The van der Waals surface area contributed by atoms with Gasteiger partial charge in [-0.3, -0.25) is 44.1 Å². The Morgan fingerprint density at radius 1 is 0.806 bits per heavy atom. The molecule has 1 fully saturated rings. The molecular formula is C43H52N12O6S. The lowest BCUT2D eigenvalue weighted by atomic mass is 10.1. The Morgan fingerprint density at radius 3 is 1.89 bits per heavy atom. The number of aromatic nitrogens is 8. The van der Waals surface area contributed by atoms with Crippen LogP contribution >= 0.6 is 11.8 Å². The van der Waals surface area contributed by atoms with E-state index >= 15 is 0 Å². The van der Waals surface area contributed by atoms with Crippen molar-refractivity contribution in [1.82, 2.24) is 43.6 Å². The molecule has 326 valence electrons. The number of fused-ring (bicyclic) bond motifs is 2. The molecule has 0 spiro atoms. The minimum Gasteiger partial charge on any atom is -0.494 e. The van der Waals surface area contributed by atoms with Gasteiger partial charge in [-0.05, 0) is 89.7 Å². The number of amides is 3. The number of allylic oxidation sites excluding steroid dienone is 2. The van der Waals surface area contributed by atoms with Crippen LogP contribution < -0.4 is 21.1 Å². The normalized spacial score (nSPS) is 13.4. The lowest BCUT2D eigenvalue weighted by Crippen LogP contribution is -2.36. The number of nitrogens with two attached hydrogens (primary N) is 1. The number of hydrogen-bond acceptors (Lipinski definition) is 12. The molecule has 6 aromatic rings. The van der Waals surface area contributed by atoms with Gasteiger partial charge in [-0.2, -0.15) is 10.2 Å². The zero-order chi connectivity index (χ0) is 44.1. The van der Waals surface area contributed by atoms with Gasteiger partial charge in [-0.15, -0.1) is 11.8 Å². The van der Waals surface area contributed by atoms with E-state index in [0.717, 1.165) is 55.4 Å². The summed E-state index contributed by atoms with van der Waals surface area (Å²) >= 11 is 1.60. The van der Waals surface area contributed by atoms with Crippen molar-refractivity contribution in [2.24, 2.45) is 5.73 Å². The highest BCUT2D eigenvalue weighted by Crippen LogP contribution is 2.34. The first-order chi connectivity index (χ1) is 29.9. The fourth-order valence-corrected chi connectivity index (χ4v) is 8.60. The van der Waals surface area contributed by atoms with Gasteiger partial charge < -0.3 is 24.3 Å². The van der Waals surface area contributed by atoms with Crippen molar-refractivity contribution in [1.29, 1.82) is 0 Å². The Bertz CT molecular complexity index is 2690. The Morgan fingerprint density at radius 2 is 1.35 bits per heavy atom. The minimum absolute atomic E-state index is 0.158. The number of nitrogens with one attached hydrogen (secondary N) is 2. The molecule has 0 bridgehead atoms. The highest BCUT2D eigenvalue weighted by atomic mass is 32.2. The number of Topliss-reactive ketones (excluding diaryl/α,β-unsaturated/α-hetero) is 1. The van der Waals surface area contributed by atoms with Crippen molar-refractivity contribution in [3.8, 4) is 5.75 Å². The summed E-state index contributed by atoms with van der Waals surface area (Å²) in [6.07, 6.45) is 4.74. The second-order valence-corrected chi connectivity index (χ2v) is 16.0. The van der Waals surface area contributed by atoms with Crippen LogP contribution in [0.1, 0.15) is 80.3 Å². The number of anilines is 2. The van der Waals surface area contributed by atoms with E-state index in [1.54, 1.807) is 57.5 Å². The van der Waals surface area contributed by atoms with Gasteiger partial charge in [-0.1, -0.05) is 12.2 Å². The molecule has 5 heterocycles. The van der Waals surface area contributed by atoms with Crippen LogP contribution in [0.2, 0.25) is 0 Å². The number of benzene rings is 2. The van der Waals surface area contributed by atoms with Crippen LogP contribution in [0.5, 0.6) is 5.75 Å². The third-order valence-corrected chi connectivity index (χ3v) is 11.7. The number of aryl methyl sites for hydroxylation is 4. The van der Waals surface area contributed by atoms with Gasteiger partial charge >= 0.3 is 0 Å². The topological polar surface area (TPSA) is 211 Å². The van der Waals surface area contributed by atoms with E-state index in [-0.39, 0.29) is 36.7 Å². The van der Waals surface area contributed by atoms with E-state index in [1.165, 1.54) is 14.0 Å². The average Bonchev–Trinajstić information content (AvgIpc) is 4.03. The zero-order valence-electron chi connectivity index (χ0n) is 35.9. The van der Waals surface area contributed by atoms with Gasteiger partial charge in [0.05, 0.1) is 48.3 Å². The van der Waals surface area contributed by atoms with Crippen LogP contribution in [0.3, 0.4) is 0 Å². The second kappa shape index (κ2) is 19.2. The molecule has 4 N–H and O–H groups in total. The summed E-state index contributed by atoms with van der Waals surface area (Å²) in [4.78, 5) is 65.4. The number of carbonyl (C=O) groups is 4. The number of primary amides is 1. The molecular weight excluding hydrogens is 813 g/mol. The Hall–Kier alpha value is -6.31. The number of ether oxygens (including phenoxy) is 2. The van der Waals surface area contributed by atoms with E-state index in [9.17, 15) is 19.2 Å². The van der Waals surface area contributed by atoms with Gasteiger partial charge in [0, 0.05) is 55.3 Å². The van der Waals surface area contributed by atoms with E-state index in [4.69, 9.17) is 25.2 Å². The Balaban J connectivity index is 1.25. The summed E-state index contributed by atoms with van der Waals surface area (Å²) < 4.78 is 18.3. The third-order valence-electron chi connectivity index (χ3n) is 10.6. The highest BCUT2D eigenvalue weighted by molar-refractivity contribution is 7.99. The molecule has 4 aromatic heterocycles. The number of nitrogens with zero attached hydrogens (tertiary/aromatic N) is 9. The van der Waals surface area contributed by atoms with Crippen LogP contribution in [-0.4, -0.2) is 113 Å². The molecule has 1 aliphatic rings.